The third-order valence-corrected chi connectivity index (χ3v) is 5.84. The highest BCUT2D eigenvalue weighted by Gasteiger charge is 2.20. The average Bonchev–Trinajstić information content (AvgIpc) is 2.86. The molecule has 0 atom stereocenters. The zero-order chi connectivity index (χ0) is 27.3. The van der Waals surface area contributed by atoms with Crippen molar-refractivity contribution in [2.75, 3.05) is 11.9 Å². The second kappa shape index (κ2) is 11.6. The molecule has 0 aromatic carbocycles. The van der Waals surface area contributed by atoms with Crippen LogP contribution in [0.25, 0.3) is 11.4 Å². The van der Waals surface area contributed by atoms with E-state index in [0.717, 1.165) is 17.4 Å². The maximum atomic E-state index is 14.0. The molecule has 0 N–H and O–H groups in total. The molecule has 3 aromatic heterocycles. The fraction of sp³-hybridized carbons (Fsp3) is 0.296. The predicted octanol–water partition coefficient (Wildman–Crippen LogP) is 6.02. The smallest absolute Gasteiger partial charge is 0.165 e. The van der Waals surface area contributed by atoms with Gasteiger partial charge < -0.3 is 9.64 Å². The van der Waals surface area contributed by atoms with Gasteiger partial charge in [-0.2, -0.15) is 0 Å². The van der Waals surface area contributed by atoms with Gasteiger partial charge in [-0.1, -0.05) is 32.4 Å². The van der Waals surface area contributed by atoms with Gasteiger partial charge in [0.2, 0.25) is 0 Å². The number of carbonyl (C=O) groups is 1. The number of aromatic nitrogens is 4. The van der Waals surface area contributed by atoms with E-state index in [2.05, 4.69) is 15.0 Å². The molecular formula is C27H28ClF2N5O2. The monoisotopic (exact) mass is 527 g/mol. The SMILES string of the molecule is C/C(=C/C(OCc1ncc(F)cc1F)=C(/Cl)C=O)N(C)c1ccnc(-c2ccnc(C(C)(C)C)n2)c1C. The molecule has 0 aliphatic heterocycles. The molecular weight excluding hydrogens is 500 g/mol. The summed E-state index contributed by atoms with van der Waals surface area (Å²) in [5, 5.41) is -0.210. The number of ether oxygens (including phenoxy) is 1. The number of hydrogen-bond acceptors (Lipinski definition) is 7. The Morgan fingerprint density at radius 3 is 2.51 bits per heavy atom. The summed E-state index contributed by atoms with van der Waals surface area (Å²) in [4.78, 5) is 30.6. The van der Waals surface area contributed by atoms with Gasteiger partial charge in [-0.15, -0.1) is 0 Å². The van der Waals surface area contributed by atoms with Crippen LogP contribution in [-0.4, -0.2) is 33.3 Å². The van der Waals surface area contributed by atoms with Crippen molar-refractivity contribution in [1.29, 1.82) is 0 Å². The fourth-order valence-corrected chi connectivity index (χ4v) is 3.52. The molecule has 0 aliphatic carbocycles. The third kappa shape index (κ3) is 6.74. The fourth-order valence-electron chi connectivity index (χ4n) is 3.41. The van der Waals surface area contributed by atoms with Crippen molar-refractivity contribution < 1.29 is 18.3 Å². The molecule has 0 aliphatic rings. The van der Waals surface area contributed by atoms with Gasteiger partial charge >= 0.3 is 0 Å². The van der Waals surface area contributed by atoms with Gasteiger partial charge in [0.1, 0.15) is 34.7 Å². The van der Waals surface area contributed by atoms with Crippen molar-refractivity contribution in [2.24, 2.45) is 0 Å². The van der Waals surface area contributed by atoms with E-state index in [1.807, 2.05) is 51.8 Å². The van der Waals surface area contributed by atoms with E-state index >= 15 is 0 Å². The van der Waals surface area contributed by atoms with Crippen LogP contribution in [-0.2, 0) is 21.6 Å². The topological polar surface area (TPSA) is 81.1 Å². The van der Waals surface area contributed by atoms with Crippen molar-refractivity contribution in [1.82, 2.24) is 19.9 Å². The Bertz CT molecular complexity index is 1370. The van der Waals surface area contributed by atoms with Gasteiger partial charge in [-0.25, -0.2) is 18.7 Å². The number of pyridine rings is 2. The molecule has 37 heavy (non-hydrogen) atoms. The Morgan fingerprint density at radius 2 is 1.86 bits per heavy atom. The first-order chi connectivity index (χ1) is 17.4. The minimum Gasteiger partial charge on any atom is -0.485 e. The Labute approximate surface area is 219 Å². The van der Waals surface area contributed by atoms with Crippen molar-refractivity contribution >= 4 is 23.6 Å². The molecule has 3 heterocycles. The summed E-state index contributed by atoms with van der Waals surface area (Å²) in [6.45, 7) is 9.53. The Balaban J connectivity index is 1.91. The number of halogens is 3. The van der Waals surface area contributed by atoms with Crippen LogP contribution in [0.2, 0.25) is 0 Å². The average molecular weight is 528 g/mol. The highest BCUT2D eigenvalue weighted by molar-refractivity contribution is 6.39. The number of rotatable bonds is 8. The van der Waals surface area contributed by atoms with E-state index in [-0.39, 0.29) is 28.5 Å². The molecule has 3 rings (SSSR count). The Kier molecular flexibility index (Phi) is 8.70. The van der Waals surface area contributed by atoms with E-state index < -0.39 is 11.6 Å². The summed E-state index contributed by atoms with van der Waals surface area (Å²) in [5.74, 6) is -0.935. The van der Waals surface area contributed by atoms with Gasteiger partial charge in [-0.05, 0) is 26.0 Å². The molecule has 7 nitrogen and oxygen atoms in total. The first-order valence-corrected chi connectivity index (χ1v) is 11.8. The second-order valence-electron chi connectivity index (χ2n) is 9.36. The first-order valence-electron chi connectivity index (χ1n) is 11.4. The quantitative estimate of drug-likeness (QED) is 0.153. The van der Waals surface area contributed by atoms with E-state index in [9.17, 15) is 13.6 Å². The molecule has 0 spiro atoms. The maximum Gasteiger partial charge on any atom is 0.165 e. The maximum absolute atomic E-state index is 14.0. The van der Waals surface area contributed by atoms with Gasteiger partial charge in [0, 0.05) is 53.9 Å². The van der Waals surface area contributed by atoms with E-state index in [1.54, 1.807) is 25.4 Å². The standard InChI is InChI=1S/C27H28ClF2N5O2/c1-16(11-24(19(28)14-36)37-15-22-20(30)12-18(29)13-33-22)35(6)23-8-10-31-25(17(23)2)21-7-9-32-26(34-21)27(3,4)5/h7-14H,15H2,1-6H3/b16-11-,24-19-. The van der Waals surface area contributed by atoms with Crippen molar-refractivity contribution in [2.45, 2.75) is 46.6 Å². The summed E-state index contributed by atoms with van der Waals surface area (Å²) in [6.07, 6.45) is 6.27. The number of aldehydes is 1. The van der Waals surface area contributed by atoms with Gasteiger partial charge in [-0.3, -0.25) is 14.8 Å². The Morgan fingerprint density at radius 1 is 1.16 bits per heavy atom. The van der Waals surface area contributed by atoms with Gasteiger partial charge in [0.25, 0.3) is 0 Å². The zero-order valence-corrected chi connectivity index (χ0v) is 22.3. The summed E-state index contributed by atoms with van der Waals surface area (Å²) < 4.78 is 32.7. The molecule has 0 radical (unpaired) electrons. The number of carbonyl (C=O) groups excluding carboxylic acids is 1. The van der Waals surface area contributed by atoms with Crippen LogP contribution in [0.3, 0.4) is 0 Å². The molecule has 194 valence electrons. The van der Waals surface area contributed by atoms with E-state index in [0.29, 0.717) is 35.3 Å². The van der Waals surface area contributed by atoms with Crippen LogP contribution in [0.15, 0.2) is 59.4 Å². The highest BCUT2D eigenvalue weighted by atomic mass is 35.5. The molecule has 10 heteroatoms. The lowest BCUT2D eigenvalue weighted by Gasteiger charge is -2.24. The second-order valence-corrected chi connectivity index (χ2v) is 9.77. The molecule has 0 saturated heterocycles. The molecule has 0 saturated carbocycles. The van der Waals surface area contributed by atoms with Crippen molar-refractivity contribution in [3.8, 4) is 11.4 Å². The lowest BCUT2D eigenvalue weighted by Crippen LogP contribution is -2.18. The van der Waals surface area contributed by atoms with Crippen LogP contribution in [0.5, 0.6) is 0 Å². The minimum absolute atomic E-state index is 0.0177. The third-order valence-electron chi connectivity index (χ3n) is 5.56. The van der Waals surface area contributed by atoms with E-state index in [1.165, 1.54) is 0 Å². The lowest BCUT2D eigenvalue weighted by molar-refractivity contribution is -0.104. The van der Waals surface area contributed by atoms with Gasteiger partial charge in [0.05, 0.1) is 17.6 Å². The van der Waals surface area contributed by atoms with Crippen LogP contribution in [0.4, 0.5) is 14.5 Å². The summed E-state index contributed by atoms with van der Waals surface area (Å²) in [5.41, 5.74) is 3.45. The number of hydrogen-bond donors (Lipinski definition) is 0. The molecule has 0 amide bonds. The minimum atomic E-state index is -0.862. The van der Waals surface area contributed by atoms with Crippen molar-refractivity contribution in [3.63, 3.8) is 0 Å². The number of nitrogens with zero attached hydrogens (tertiary/aromatic N) is 5. The molecule has 0 bridgehead atoms. The lowest BCUT2D eigenvalue weighted by atomic mass is 9.95. The number of allylic oxidation sites excluding steroid dienone is 3. The number of anilines is 1. The Hall–Kier alpha value is -3.72. The molecule has 0 fully saturated rings. The highest BCUT2D eigenvalue weighted by Crippen LogP contribution is 2.30. The summed E-state index contributed by atoms with van der Waals surface area (Å²) >= 11 is 6.07. The van der Waals surface area contributed by atoms with Crippen LogP contribution >= 0.6 is 11.6 Å². The van der Waals surface area contributed by atoms with Crippen LogP contribution in [0.1, 0.15) is 44.8 Å². The van der Waals surface area contributed by atoms with Crippen LogP contribution < -0.4 is 4.90 Å². The molecule has 3 aromatic rings. The largest absolute Gasteiger partial charge is 0.485 e. The molecule has 0 unspecified atom stereocenters. The normalized spacial score (nSPS) is 12.7. The van der Waals surface area contributed by atoms with E-state index in [4.69, 9.17) is 21.3 Å². The first kappa shape index (κ1) is 27.9. The summed E-state index contributed by atoms with van der Waals surface area (Å²) in [7, 11) is 1.84. The van der Waals surface area contributed by atoms with Crippen molar-refractivity contribution in [3.05, 3.63) is 88.1 Å². The zero-order valence-electron chi connectivity index (χ0n) is 21.5. The van der Waals surface area contributed by atoms with Gasteiger partial charge in [0.15, 0.2) is 12.1 Å². The summed E-state index contributed by atoms with van der Waals surface area (Å²) in [6, 6.07) is 4.38. The van der Waals surface area contributed by atoms with Crippen LogP contribution in [0, 0.1) is 18.6 Å². The predicted molar refractivity (Wildman–Crippen MR) is 139 cm³/mol.